The van der Waals surface area contributed by atoms with E-state index in [-0.39, 0.29) is 12.2 Å². The summed E-state index contributed by atoms with van der Waals surface area (Å²) in [5.74, 6) is -0.215. The van der Waals surface area contributed by atoms with Crippen molar-refractivity contribution >= 4 is 5.78 Å². The highest BCUT2D eigenvalue weighted by Crippen LogP contribution is 2.32. The van der Waals surface area contributed by atoms with Crippen LogP contribution in [-0.4, -0.2) is 11.5 Å². The predicted octanol–water partition coefficient (Wildman–Crippen LogP) is 3.19. The van der Waals surface area contributed by atoms with Crippen molar-refractivity contribution < 1.29 is 9.18 Å². The van der Waals surface area contributed by atoms with Crippen molar-refractivity contribution in [3.05, 3.63) is 12.2 Å². The highest BCUT2D eigenvalue weighted by Gasteiger charge is 2.38. The fraction of sp³-hybridized carbons (Fsp3) is 0.727. The molecule has 74 valence electrons. The van der Waals surface area contributed by atoms with Gasteiger partial charge in [-0.25, -0.2) is 4.39 Å². The molecule has 0 radical (unpaired) electrons. The minimum absolute atomic E-state index is 0.214. The molecule has 0 saturated heterocycles. The Morgan fingerprint density at radius 2 is 2.23 bits per heavy atom. The zero-order valence-electron chi connectivity index (χ0n) is 8.24. The van der Waals surface area contributed by atoms with E-state index in [9.17, 15) is 9.18 Å². The Kier molecular flexibility index (Phi) is 3.23. The smallest absolute Gasteiger partial charge is 0.172 e. The van der Waals surface area contributed by atoms with Gasteiger partial charge in [-0.05, 0) is 26.2 Å². The summed E-state index contributed by atoms with van der Waals surface area (Å²) in [6.45, 7) is 5.44. The quantitative estimate of drug-likeness (QED) is 0.476. The number of carbonyl (C=O) groups is 1. The maximum atomic E-state index is 14.1. The maximum absolute atomic E-state index is 14.1. The van der Waals surface area contributed by atoms with Crippen LogP contribution in [0.2, 0.25) is 0 Å². The van der Waals surface area contributed by atoms with Crippen molar-refractivity contribution in [3.63, 3.8) is 0 Å². The first-order valence-electron chi connectivity index (χ1n) is 4.91. The van der Waals surface area contributed by atoms with Gasteiger partial charge in [0.15, 0.2) is 11.5 Å². The minimum atomic E-state index is -1.59. The molecular formula is C11H17FO. The number of ketones is 1. The highest BCUT2D eigenvalue weighted by atomic mass is 19.1. The number of Topliss-reactive ketones (excluding diaryl/α,β-unsaturated/α-hetero) is 1. The standard InChI is InChI=1S/C11H17FO/c1-9(2)8-11(12)7-5-3-4-6-10(11)13/h1,3-8H2,2H3/t11-/m0/s1. The number of hydrogen-bond donors (Lipinski definition) is 0. The van der Waals surface area contributed by atoms with E-state index in [1.165, 1.54) is 0 Å². The summed E-state index contributed by atoms with van der Waals surface area (Å²) in [5.41, 5.74) is -0.833. The number of halogens is 1. The van der Waals surface area contributed by atoms with E-state index >= 15 is 0 Å². The van der Waals surface area contributed by atoms with Gasteiger partial charge in [0.1, 0.15) is 0 Å². The van der Waals surface area contributed by atoms with E-state index in [2.05, 4.69) is 6.58 Å². The number of alkyl halides is 1. The van der Waals surface area contributed by atoms with E-state index in [0.717, 1.165) is 24.8 Å². The molecule has 0 N–H and O–H groups in total. The SMILES string of the molecule is C=C(C)C[C@@]1(F)CCCCCC1=O. The summed E-state index contributed by atoms with van der Waals surface area (Å²) in [6, 6.07) is 0. The molecule has 1 rings (SSSR count). The molecule has 0 aliphatic heterocycles. The fourth-order valence-corrected chi connectivity index (χ4v) is 1.90. The third kappa shape index (κ3) is 2.64. The van der Waals surface area contributed by atoms with Crippen LogP contribution in [0, 0.1) is 0 Å². The zero-order valence-corrected chi connectivity index (χ0v) is 8.24. The summed E-state index contributed by atoms with van der Waals surface area (Å²) in [4.78, 5) is 11.5. The Balaban J connectivity index is 2.70. The van der Waals surface area contributed by atoms with E-state index in [1.807, 2.05) is 0 Å². The molecule has 0 heterocycles. The maximum Gasteiger partial charge on any atom is 0.172 e. The van der Waals surface area contributed by atoms with E-state index in [0.29, 0.717) is 12.8 Å². The molecule has 2 heteroatoms. The third-order valence-electron chi connectivity index (χ3n) is 2.56. The fourth-order valence-electron chi connectivity index (χ4n) is 1.90. The second-order valence-electron chi connectivity index (χ2n) is 4.08. The van der Waals surface area contributed by atoms with E-state index in [4.69, 9.17) is 0 Å². The normalized spacial score (nSPS) is 29.8. The lowest BCUT2D eigenvalue weighted by Crippen LogP contribution is -2.32. The Morgan fingerprint density at radius 1 is 1.54 bits per heavy atom. The Morgan fingerprint density at radius 3 is 2.85 bits per heavy atom. The summed E-state index contributed by atoms with van der Waals surface area (Å²) >= 11 is 0. The van der Waals surface area contributed by atoms with Gasteiger partial charge in [-0.15, -0.1) is 6.58 Å². The Hall–Kier alpha value is -0.660. The molecule has 0 aromatic rings. The predicted molar refractivity (Wildman–Crippen MR) is 51.4 cm³/mol. The summed E-state index contributed by atoms with van der Waals surface area (Å²) < 4.78 is 14.1. The monoisotopic (exact) mass is 184 g/mol. The number of carbonyl (C=O) groups excluding carboxylic acids is 1. The van der Waals surface area contributed by atoms with Gasteiger partial charge in [-0.1, -0.05) is 12.0 Å². The largest absolute Gasteiger partial charge is 0.296 e. The molecule has 0 aromatic carbocycles. The van der Waals surface area contributed by atoms with Crippen LogP contribution in [0.1, 0.15) is 45.4 Å². The lowest BCUT2D eigenvalue weighted by molar-refractivity contribution is -0.130. The first kappa shape index (κ1) is 10.4. The van der Waals surface area contributed by atoms with Crippen molar-refractivity contribution in [2.75, 3.05) is 0 Å². The van der Waals surface area contributed by atoms with Crippen molar-refractivity contribution in [2.45, 2.75) is 51.1 Å². The van der Waals surface area contributed by atoms with Crippen LogP contribution in [0.25, 0.3) is 0 Å². The molecule has 1 aliphatic rings. The van der Waals surface area contributed by atoms with Gasteiger partial charge in [0, 0.05) is 12.8 Å². The third-order valence-corrected chi connectivity index (χ3v) is 2.56. The molecule has 1 aliphatic carbocycles. The van der Waals surface area contributed by atoms with Crippen molar-refractivity contribution in [3.8, 4) is 0 Å². The van der Waals surface area contributed by atoms with Gasteiger partial charge in [0.05, 0.1) is 0 Å². The van der Waals surface area contributed by atoms with Gasteiger partial charge in [0.25, 0.3) is 0 Å². The van der Waals surface area contributed by atoms with Crippen LogP contribution >= 0.6 is 0 Å². The van der Waals surface area contributed by atoms with Crippen molar-refractivity contribution in [1.29, 1.82) is 0 Å². The molecule has 0 amide bonds. The van der Waals surface area contributed by atoms with Gasteiger partial charge in [-0.2, -0.15) is 0 Å². The molecule has 1 fully saturated rings. The molecule has 1 saturated carbocycles. The number of hydrogen-bond acceptors (Lipinski definition) is 1. The first-order valence-corrected chi connectivity index (χ1v) is 4.91. The van der Waals surface area contributed by atoms with Crippen LogP contribution in [0.3, 0.4) is 0 Å². The van der Waals surface area contributed by atoms with E-state index in [1.54, 1.807) is 6.92 Å². The molecular weight excluding hydrogens is 167 g/mol. The topological polar surface area (TPSA) is 17.1 Å². The summed E-state index contributed by atoms with van der Waals surface area (Å²) in [7, 11) is 0. The van der Waals surface area contributed by atoms with Crippen LogP contribution in [-0.2, 0) is 4.79 Å². The number of rotatable bonds is 2. The van der Waals surface area contributed by atoms with Crippen LogP contribution < -0.4 is 0 Å². The zero-order chi connectivity index (χ0) is 9.90. The summed E-state index contributed by atoms with van der Waals surface area (Å²) in [5, 5.41) is 0. The molecule has 0 unspecified atom stereocenters. The molecule has 0 aromatic heterocycles. The van der Waals surface area contributed by atoms with E-state index < -0.39 is 5.67 Å². The lowest BCUT2D eigenvalue weighted by atomic mass is 9.89. The first-order chi connectivity index (χ1) is 6.04. The molecule has 1 nitrogen and oxygen atoms in total. The molecule has 0 bridgehead atoms. The summed E-state index contributed by atoms with van der Waals surface area (Å²) in [6.07, 6.45) is 3.66. The minimum Gasteiger partial charge on any atom is -0.296 e. The van der Waals surface area contributed by atoms with Crippen molar-refractivity contribution in [2.24, 2.45) is 0 Å². The lowest BCUT2D eigenvalue weighted by Gasteiger charge is -2.21. The van der Waals surface area contributed by atoms with Gasteiger partial charge < -0.3 is 0 Å². The van der Waals surface area contributed by atoms with Gasteiger partial charge in [-0.3, -0.25) is 4.79 Å². The van der Waals surface area contributed by atoms with Crippen LogP contribution in [0.5, 0.6) is 0 Å². The second-order valence-corrected chi connectivity index (χ2v) is 4.08. The molecule has 0 spiro atoms. The van der Waals surface area contributed by atoms with Gasteiger partial charge >= 0.3 is 0 Å². The average molecular weight is 184 g/mol. The number of allylic oxidation sites excluding steroid dienone is 1. The van der Waals surface area contributed by atoms with Gasteiger partial charge in [0.2, 0.25) is 0 Å². The van der Waals surface area contributed by atoms with Crippen LogP contribution in [0.15, 0.2) is 12.2 Å². The Labute approximate surface area is 79.0 Å². The highest BCUT2D eigenvalue weighted by molar-refractivity contribution is 5.87. The Bertz CT molecular complexity index is 222. The average Bonchev–Trinajstić information content (AvgIpc) is 2.14. The molecule has 13 heavy (non-hydrogen) atoms. The second kappa shape index (κ2) is 4.03. The van der Waals surface area contributed by atoms with Crippen molar-refractivity contribution in [1.82, 2.24) is 0 Å². The molecule has 1 atom stereocenters. The van der Waals surface area contributed by atoms with Crippen LogP contribution in [0.4, 0.5) is 4.39 Å².